The van der Waals surface area contributed by atoms with Crippen LogP contribution in [0.2, 0.25) is 0 Å². The van der Waals surface area contributed by atoms with Gasteiger partial charge in [0.25, 0.3) is 0 Å². The van der Waals surface area contributed by atoms with Crippen LogP contribution in [0.4, 0.5) is 0 Å². The molecule has 0 radical (unpaired) electrons. The number of methoxy groups -OCH3 is 1. The first-order valence-electron chi connectivity index (χ1n) is 4.99. The predicted molar refractivity (Wildman–Crippen MR) is 52.8 cm³/mol. The molecule has 0 saturated carbocycles. The number of hydrogen-bond donors (Lipinski definition) is 1. The van der Waals surface area contributed by atoms with E-state index in [2.05, 4.69) is 18.7 Å². The highest BCUT2D eigenvalue weighted by molar-refractivity contribution is 4.77. The molecule has 0 aromatic rings. The first kappa shape index (κ1) is 11.0. The lowest BCUT2D eigenvalue weighted by atomic mass is 10.1. The second-order valence-corrected chi connectivity index (χ2v) is 4.46. The van der Waals surface area contributed by atoms with Gasteiger partial charge in [0.15, 0.2) is 0 Å². The van der Waals surface area contributed by atoms with E-state index < -0.39 is 0 Å². The third kappa shape index (κ3) is 3.63. The number of ether oxygens (including phenoxy) is 1. The van der Waals surface area contributed by atoms with Gasteiger partial charge in [0, 0.05) is 26.7 Å². The van der Waals surface area contributed by atoms with E-state index in [0.717, 1.165) is 32.5 Å². The molecule has 1 aliphatic rings. The Labute approximate surface area is 80.7 Å². The second kappa shape index (κ2) is 4.40. The molecular formula is C10H21NO2. The van der Waals surface area contributed by atoms with Gasteiger partial charge in [-0.2, -0.15) is 0 Å². The summed E-state index contributed by atoms with van der Waals surface area (Å²) in [6.45, 7) is 7.08. The van der Waals surface area contributed by atoms with Crippen molar-refractivity contribution in [2.75, 3.05) is 26.7 Å². The van der Waals surface area contributed by atoms with Crippen LogP contribution in [0.5, 0.6) is 0 Å². The van der Waals surface area contributed by atoms with Crippen LogP contribution in [-0.4, -0.2) is 48.5 Å². The average Bonchev–Trinajstić information content (AvgIpc) is 2.48. The minimum Gasteiger partial charge on any atom is -0.392 e. The summed E-state index contributed by atoms with van der Waals surface area (Å²) < 4.78 is 5.34. The van der Waals surface area contributed by atoms with Gasteiger partial charge in [0.05, 0.1) is 11.7 Å². The van der Waals surface area contributed by atoms with E-state index >= 15 is 0 Å². The van der Waals surface area contributed by atoms with E-state index in [9.17, 15) is 5.11 Å². The molecule has 0 aromatic carbocycles. The van der Waals surface area contributed by atoms with E-state index in [0.29, 0.717) is 0 Å². The van der Waals surface area contributed by atoms with Crippen LogP contribution in [0.1, 0.15) is 26.7 Å². The zero-order valence-corrected chi connectivity index (χ0v) is 8.92. The third-order valence-corrected chi connectivity index (χ3v) is 2.83. The fourth-order valence-electron chi connectivity index (χ4n) is 1.54. The molecule has 0 aliphatic carbocycles. The van der Waals surface area contributed by atoms with Crippen LogP contribution >= 0.6 is 0 Å². The van der Waals surface area contributed by atoms with Crippen LogP contribution in [0, 0.1) is 0 Å². The third-order valence-electron chi connectivity index (χ3n) is 2.83. The van der Waals surface area contributed by atoms with Gasteiger partial charge in [-0.15, -0.1) is 0 Å². The van der Waals surface area contributed by atoms with Crippen LogP contribution in [0.15, 0.2) is 0 Å². The summed E-state index contributed by atoms with van der Waals surface area (Å²) in [5, 5.41) is 9.31. The van der Waals surface area contributed by atoms with E-state index in [1.807, 2.05) is 0 Å². The Morgan fingerprint density at radius 1 is 1.54 bits per heavy atom. The molecule has 0 amide bonds. The van der Waals surface area contributed by atoms with Crippen molar-refractivity contribution in [1.82, 2.24) is 4.90 Å². The Morgan fingerprint density at radius 3 is 2.69 bits per heavy atom. The zero-order valence-electron chi connectivity index (χ0n) is 8.92. The monoisotopic (exact) mass is 187 g/mol. The number of hydrogen-bond acceptors (Lipinski definition) is 3. The van der Waals surface area contributed by atoms with Crippen molar-refractivity contribution in [2.24, 2.45) is 0 Å². The highest BCUT2D eigenvalue weighted by Crippen LogP contribution is 2.16. The van der Waals surface area contributed by atoms with Crippen molar-refractivity contribution in [1.29, 1.82) is 0 Å². The lowest BCUT2D eigenvalue weighted by Gasteiger charge is -2.25. The number of aliphatic hydroxyl groups is 1. The van der Waals surface area contributed by atoms with Crippen LogP contribution in [0.25, 0.3) is 0 Å². The largest absolute Gasteiger partial charge is 0.392 e. The van der Waals surface area contributed by atoms with E-state index in [4.69, 9.17) is 4.74 Å². The molecule has 0 bridgehead atoms. The summed E-state index contributed by atoms with van der Waals surface area (Å²) in [5.41, 5.74) is -0.0342. The summed E-state index contributed by atoms with van der Waals surface area (Å²) in [5.74, 6) is 0. The summed E-state index contributed by atoms with van der Waals surface area (Å²) in [6, 6.07) is 0. The van der Waals surface area contributed by atoms with Gasteiger partial charge in [-0.25, -0.2) is 0 Å². The minimum atomic E-state index is -0.106. The van der Waals surface area contributed by atoms with E-state index in [-0.39, 0.29) is 11.7 Å². The Balaban J connectivity index is 2.19. The first-order valence-corrected chi connectivity index (χ1v) is 4.99. The highest BCUT2D eigenvalue weighted by Gasteiger charge is 2.23. The molecule has 3 nitrogen and oxygen atoms in total. The van der Waals surface area contributed by atoms with Crippen molar-refractivity contribution < 1.29 is 9.84 Å². The summed E-state index contributed by atoms with van der Waals surface area (Å²) in [4.78, 5) is 2.30. The minimum absolute atomic E-state index is 0.0342. The van der Waals surface area contributed by atoms with Crippen LogP contribution in [0.3, 0.4) is 0 Å². The van der Waals surface area contributed by atoms with Gasteiger partial charge in [0.1, 0.15) is 0 Å². The molecule has 1 N–H and O–H groups in total. The number of nitrogens with zero attached hydrogens (tertiary/aromatic N) is 1. The zero-order chi connectivity index (χ0) is 9.90. The molecule has 1 fully saturated rings. The van der Waals surface area contributed by atoms with Crippen molar-refractivity contribution in [2.45, 2.75) is 38.4 Å². The van der Waals surface area contributed by atoms with Gasteiger partial charge in [-0.05, 0) is 26.7 Å². The van der Waals surface area contributed by atoms with Gasteiger partial charge in [-0.3, -0.25) is 0 Å². The van der Waals surface area contributed by atoms with Gasteiger partial charge in [-0.1, -0.05) is 0 Å². The molecule has 1 heterocycles. The number of β-amino-alcohol motifs (C(OH)–C–C–N with tert-alkyl or cyclic N) is 1. The number of rotatable bonds is 4. The van der Waals surface area contributed by atoms with Gasteiger partial charge in [0.2, 0.25) is 0 Å². The van der Waals surface area contributed by atoms with Crippen molar-refractivity contribution in [3.8, 4) is 0 Å². The summed E-state index contributed by atoms with van der Waals surface area (Å²) in [6.07, 6.45) is 1.84. The molecule has 0 spiro atoms. The number of aliphatic hydroxyl groups excluding tert-OH is 1. The van der Waals surface area contributed by atoms with Crippen molar-refractivity contribution >= 4 is 0 Å². The topological polar surface area (TPSA) is 32.7 Å². The summed E-state index contributed by atoms with van der Waals surface area (Å²) >= 11 is 0. The lowest BCUT2D eigenvalue weighted by Crippen LogP contribution is -2.31. The quantitative estimate of drug-likeness (QED) is 0.709. The van der Waals surface area contributed by atoms with Crippen LogP contribution < -0.4 is 0 Å². The molecule has 1 rings (SSSR count). The highest BCUT2D eigenvalue weighted by atomic mass is 16.5. The molecule has 0 aromatic heterocycles. The molecule has 1 saturated heterocycles. The van der Waals surface area contributed by atoms with E-state index in [1.165, 1.54) is 0 Å². The maximum atomic E-state index is 9.31. The molecule has 1 atom stereocenters. The summed E-state index contributed by atoms with van der Waals surface area (Å²) in [7, 11) is 1.75. The standard InChI is InChI=1S/C10H21NO2/c1-10(2,13-3)5-7-11-6-4-9(12)8-11/h9,12H,4-8H2,1-3H3/t9-/m0/s1. The van der Waals surface area contributed by atoms with Crippen molar-refractivity contribution in [3.05, 3.63) is 0 Å². The molecule has 78 valence electrons. The number of likely N-dealkylation sites (tertiary alicyclic amines) is 1. The average molecular weight is 187 g/mol. The maximum Gasteiger partial charge on any atom is 0.0679 e. The smallest absolute Gasteiger partial charge is 0.0679 e. The van der Waals surface area contributed by atoms with E-state index in [1.54, 1.807) is 7.11 Å². The molecule has 13 heavy (non-hydrogen) atoms. The molecule has 0 unspecified atom stereocenters. The Hall–Kier alpha value is -0.120. The maximum absolute atomic E-state index is 9.31. The van der Waals surface area contributed by atoms with Crippen molar-refractivity contribution in [3.63, 3.8) is 0 Å². The molecule has 1 aliphatic heterocycles. The van der Waals surface area contributed by atoms with Crippen LogP contribution in [-0.2, 0) is 4.74 Å². The second-order valence-electron chi connectivity index (χ2n) is 4.46. The first-order chi connectivity index (χ1) is 6.03. The molecular weight excluding hydrogens is 166 g/mol. The fourth-order valence-corrected chi connectivity index (χ4v) is 1.54. The normalized spacial score (nSPS) is 25.4. The SMILES string of the molecule is COC(C)(C)CCN1CC[C@H](O)C1. The Morgan fingerprint density at radius 2 is 2.23 bits per heavy atom. The fraction of sp³-hybridized carbons (Fsp3) is 1.00. The molecule has 3 heteroatoms. The Kier molecular flexibility index (Phi) is 3.71. The predicted octanol–water partition coefficient (Wildman–Crippen LogP) is 0.868. The van der Waals surface area contributed by atoms with Gasteiger partial charge < -0.3 is 14.7 Å². The van der Waals surface area contributed by atoms with Gasteiger partial charge >= 0.3 is 0 Å². The Bertz CT molecular complexity index is 159. The lowest BCUT2D eigenvalue weighted by molar-refractivity contribution is 0.00823.